The summed E-state index contributed by atoms with van der Waals surface area (Å²) >= 11 is 0. The molecule has 0 aliphatic heterocycles. The van der Waals surface area contributed by atoms with Crippen LogP contribution in [-0.4, -0.2) is 16.1 Å². The molecule has 0 saturated heterocycles. The van der Waals surface area contributed by atoms with Crippen LogP contribution in [0.3, 0.4) is 0 Å². The predicted molar refractivity (Wildman–Crippen MR) is 169 cm³/mol. The lowest BCUT2D eigenvalue weighted by Crippen LogP contribution is -2.40. The van der Waals surface area contributed by atoms with Crippen LogP contribution in [-0.2, 0) is 5.41 Å². The van der Waals surface area contributed by atoms with Gasteiger partial charge in [-0.2, -0.15) is 0 Å². The smallest absolute Gasteiger partial charge is 0.129 e. The van der Waals surface area contributed by atoms with E-state index in [2.05, 4.69) is 154 Å². The van der Waals surface area contributed by atoms with E-state index in [-0.39, 0.29) is 0 Å². The molecule has 0 nitrogen and oxygen atoms in total. The Balaban J connectivity index is 1.82. The molecule has 0 heterocycles. The lowest BCUT2D eigenvalue weighted by atomic mass is 9.78. The van der Waals surface area contributed by atoms with Gasteiger partial charge in [-0.3, -0.25) is 0 Å². The summed E-state index contributed by atoms with van der Waals surface area (Å²) in [5.41, 5.74) is 19.1. The lowest BCUT2D eigenvalue weighted by Gasteiger charge is -2.36. The molecule has 4 aromatic rings. The molecule has 2 heteroatoms. The molecule has 6 rings (SSSR count). The van der Waals surface area contributed by atoms with E-state index in [4.69, 9.17) is 0 Å². The van der Waals surface area contributed by atoms with Crippen molar-refractivity contribution in [2.24, 2.45) is 0 Å². The van der Waals surface area contributed by atoms with Crippen molar-refractivity contribution in [1.82, 2.24) is 0 Å². The van der Waals surface area contributed by atoms with Gasteiger partial charge in [0, 0.05) is 5.57 Å². The van der Waals surface area contributed by atoms with Crippen molar-refractivity contribution < 1.29 is 0 Å². The summed E-state index contributed by atoms with van der Waals surface area (Å²) in [5.74, 6) is 4.01. The van der Waals surface area contributed by atoms with Gasteiger partial charge in [0.2, 0.25) is 0 Å². The summed E-state index contributed by atoms with van der Waals surface area (Å²) in [5, 5.41) is 1.37. The zero-order chi connectivity index (χ0) is 26.7. The summed E-state index contributed by atoms with van der Waals surface area (Å²) < 4.78 is 0. The van der Waals surface area contributed by atoms with Gasteiger partial charge in [-0.15, -0.1) is 11.3 Å². The van der Waals surface area contributed by atoms with E-state index in [1.807, 2.05) is 0 Å². The van der Waals surface area contributed by atoms with Crippen LogP contribution in [0.4, 0.5) is 0 Å². The van der Waals surface area contributed by atoms with Crippen molar-refractivity contribution in [2.45, 2.75) is 44.7 Å². The molecule has 0 saturated carbocycles. The van der Waals surface area contributed by atoms with Crippen LogP contribution in [0.15, 0.2) is 108 Å². The van der Waals surface area contributed by atoms with Crippen LogP contribution in [0.1, 0.15) is 22.3 Å². The minimum Gasteiger partial charge on any atom is -0.130 e. The third-order valence-electron chi connectivity index (χ3n) is 7.64. The molecule has 0 atom stereocenters. The predicted octanol–water partition coefficient (Wildman–Crippen LogP) is 9.35. The van der Waals surface area contributed by atoms with Gasteiger partial charge in [-0.1, -0.05) is 142 Å². The highest BCUT2D eigenvalue weighted by Crippen LogP contribution is 2.55. The minimum absolute atomic E-state index is 0.503. The standard InChI is InChI=1S/C36H34Si2/c1-37(2,3)24-23-36(33-21-13-11-19-30(33)31-20-12-14-22-34(31)36)35(38(4,5)6)25-32-28-17-9-7-15-26(28)27-16-8-10-18-29(27)32/h7-22H,1-6H3. The molecule has 0 unspecified atom stereocenters. The molecular formula is C36H34Si2. The lowest BCUT2D eigenvalue weighted by molar-refractivity contribution is 0.850. The number of rotatable bonds is 2. The third kappa shape index (κ3) is 3.82. The molecule has 186 valence electrons. The molecule has 0 fully saturated rings. The maximum absolute atomic E-state index is 4.18. The molecule has 0 spiro atoms. The number of fused-ring (bicyclic) bond motifs is 6. The summed E-state index contributed by atoms with van der Waals surface area (Å²) in [6.45, 7) is 14.4. The fourth-order valence-electron chi connectivity index (χ4n) is 6.10. The molecule has 0 bridgehead atoms. The highest BCUT2D eigenvalue weighted by Gasteiger charge is 2.49. The van der Waals surface area contributed by atoms with Gasteiger partial charge in [0.1, 0.15) is 13.5 Å². The molecule has 2 aliphatic carbocycles. The zero-order valence-electron chi connectivity index (χ0n) is 23.2. The first kappa shape index (κ1) is 24.7. The molecule has 4 aromatic carbocycles. The van der Waals surface area contributed by atoms with E-state index in [9.17, 15) is 0 Å². The van der Waals surface area contributed by atoms with Crippen molar-refractivity contribution in [3.8, 4) is 33.7 Å². The normalized spacial score (nSPS) is 14.4. The fraction of sp³-hybridized carbons (Fsp3) is 0.194. The first-order valence-corrected chi connectivity index (χ1v) is 20.6. The van der Waals surface area contributed by atoms with Crippen LogP contribution < -0.4 is 0 Å². The molecule has 38 heavy (non-hydrogen) atoms. The molecular weight excluding hydrogens is 489 g/mol. The number of hydrogen-bond donors (Lipinski definition) is 0. The fourth-order valence-corrected chi connectivity index (χ4v) is 8.62. The van der Waals surface area contributed by atoms with Crippen molar-refractivity contribution in [1.29, 1.82) is 0 Å². The maximum atomic E-state index is 4.18. The van der Waals surface area contributed by atoms with Crippen LogP contribution in [0.2, 0.25) is 39.3 Å². The number of hydrogen-bond acceptors (Lipinski definition) is 0. The summed E-state index contributed by atoms with van der Waals surface area (Å²) in [6.07, 6.45) is 0. The average Bonchev–Trinajstić information content (AvgIpc) is 3.36. The second-order valence-corrected chi connectivity index (χ2v) is 22.3. The van der Waals surface area contributed by atoms with Crippen molar-refractivity contribution in [3.63, 3.8) is 0 Å². The second-order valence-electron chi connectivity index (χ2n) is 12.6. The largest absolute Gasteiger partial charge is 0.130 e. The van der Waals surface area contributed by atoms with E-state index in [1.165, 1.54) is 55.3 Å². The summed E-state index contributed by atoms with van der Waals surface area (Å²) in [6, 6.07) is 35.5. The summed E-state index contributed by atoms with van der Waals surface area (Å²) in [4.78, 5) is 0. The Kier molecular flexibility index (Phi) is 5.67. The van der Waals surface area contributed by atoms with Gasteiger partial charge < -0.3 is 0 Å². The van der Waals surface area contributed by atoms with Gasteiger partial charge in [0.05, 0.1) is 8.07 Å². The van der Waals surface area contributed by atoms with E-state index in [0.29, 0.717) is 0 Å². The Morgan fingerprint density at radius 3 is 1.34 bits per heavy atom. The van der Waals surface area contributed by atoms with Crippen LogP contribution in [0.5, 0.6) is 0 Å². The highest BCUT2D eigenvalue weighted by atomic mass is 28.3. The molecule has 2 aliphatic rings. The topological polar surface area (TPSA) is 0 Å². The molecule has 0 aromatic heterocycles. The van der Waals surface area contributed by atoms with Gasteiger partial charge in [0.15, 0.2) is 0 Å². The Morgan fingerprint density at radius 2 is 0.921 bits per heavy atom. The van der Waals surface area contributed by atoms with Gasteiger partial charge in [0.25, 0.3) is 0 Å². The number of benzene rings is 4. The Labute approximate surface area is 229 Å². The SMILES string of the molecule is C[Si](C)(C)C#CC1(C(=C=C2c3ccccc3-c3ccccc32)[Si](C)(C)C)c2ccccc2-c2ccccc21. The first-order valence-electron chi connectivity index (χ1n) is 13.6. The van der Waals surface area contributed by atoms with Crippen molar-refractivity contribution >= 4 is 21.7 Å². The van der Waals surface area contributed by atoms with Crippen LogP contribution in [0.25, 0.3) is 27.8 Å². The monoisotopic (exact) mass is 522 g/mol. The van der Waals surface area contributed by atoms with Gasteiger partial charge in [-0.25, -0.2) is 0 Å². The van der Waals surface area contributed by atoms with E-state index in [0.717, 1.165) is 0 Å². The Bertz CT molecular complexity index is 1630. The van der Waals surface area contributed by atoms with Crippen LogP contribution >= 0.6 is 0 Å². The van der Waals surface area contributed by atoms with E-state index >= 15 is 0 Å². The quantitative estimate of drug-likeness (QED) is 0.123. The summed E-state index contributed by atoms with van der Waals surface area (Å²) in [7, 11) is -3.64. The molecule has 0 radical (unpaired) electrons. The Morgan fingerprint density at radius 1 is 0.526 bits per heavy atom. The average molecular weight is 523 g/mol. The molecule has 0 amide bonds. The van der Waals surface area contributed by atoms with Crippen LogP contribution in [0, 0.1) is 11.5 Å². The number of allylic oxidation sites excluding steroid dienone is 1. The highest BCUT2D eigenvalue weighted by molar-refractivity contribution is 6.84. The van der Waals surface area contributed by atoms with Gasteiger partial charge in [-0.05, 0) is 49.7 Å². The maximum Gasteiger partial charge on any atom is 0.129 e. The zero-order valence-corrected chi connectivity index (χ0v) is 25.2. The van der Waals surface area contributed by atoms with Crippen molar-refractivity contribution in [3.05, 3.63) is 130 Å². The molecule has 0 N–H and O–H groups in total. The van der Waals surface area contributed by atoms with Crippen molar-refractivity contribution in [2.75, 3.05) is 0 Å². The third-order valence-corrected chi connectivity index (χ3v) is 10.5. The minimum atomic E-state index is -1.97. The van der Waals surface area contributed by atoms with E-state index < -0.39 is 21.6 Å². The Hall–Kier alpha value is -3.61. The van der Waals surface area contributed by atoms with E-state index in [1.54, 1.807) is 0 Å². The first-order chi connectivity index (χ1) is 18.1. The van der Waals surface area contributed by atoms with Gasteiger partial charge >= 0.3 is 0 Å². The second kappa shape index (κ2) is 8.72.